The summed E-state index contributed by atoms with van der Waals surface area (Å²) in [6.07, 6.45) is 4.23. The summed E-state index contributed by atoms with van der Waals surface area (Å²) in [5.74, 6) is 1.22. The van der Waals surface area contributed by atoms with Gasteiger partial charge in [0.1, 0.15) is 0 Å². The van der Waals surface area contributed by atoms with Gasteiger partial charge in [0.05, 0.1) is 13.2 Å². The van der Waals surface area contributed by atoms with E-state index in [1.165, 1.54) is 25.0 Å². The zero-order valence-electron chi connectivity index (χ0n) is 5.56. The smallest absolute Gasteiger partial charge is 0.0613 e. The van der Waals surface area contributed by atoms with Gasteiger partial charge < -0.3 is 4.74 Å². The zero-order chi connectivity index (χ0) is 6.16. The molecular weight excluding hydrogens is 132 g/mol. The predicted octanol–water partition coefficient (Wildman–Crippen LogP) is 1.67. The van der Waals surface area contributed by atoms with Crippen molar-refractivity contribution in [3.63, 3.8) is 0 Å². The average molecular weight is 144 g/mol. The fourth-order valence-corrected chi connectivity index (χ4v) is 2.85. The minimum atomic E-state index is 0.595. The van der Waals surface area contributed by atoms with Crippen molar-refractivity contribution < 1.29 is 4.74 Å². The number of ether oxygens (including phenoxy) is 1. The molecule has 0 radical (unpaired) electrons. The second-order valence-electron chi connectivity index (χ2n) is 2.94. The lowest BCUT2D eigenvalue weighted by molar-refractivity contribution is 0.0878. The summed E-state index contributed by atoms with van der Waals surface area (Å²) >= 11 is 2.13. The molecule has 2 aliphatic rings. The largest absolute Gasteiger partial charge is 0.379 e. The summed E-state index contributed by atoms with van der Waals surface area (Å²) in [4.78, 5) is 0. The van der Waals surface area contributed by atoms with Crippen LogP contribution in [0.25, 0.3) is 0 Å². The molecule has 1 spiro atoms. The Bertz CT molecular complexity index is 101. The van der Waals surface area contributed by atoms with Crippen molar-refractivity contribution in [2.45, 2.75) is 24.0 Å². The molecule has 2 fully saturated rings. The highest BCUT2D eigenvalue weighted by atomic mass is 32.2. The van der Waals surface area contributed by atoms with E-state index in [9.17, 15) is 0 Å². The van der Waals surface area contributed by atoms with Crippen LogP contribution >= 0.6 is 11.8 Å². The van der Waals surface area contributed by atoms with Gasteiger partial charge >= 0.3 is 0 Å². The van der Waals surface area contributed by atoms with E-state index in [4.69, 9.17) is 4.74 Å². The molecule has 2 rings (SSSR count). The molecule has 0 amide bonds. The fraction of sp³-hybridized carbons (Fsp3) is 1.00. The molecule has 1 saturated carbocycles. The summed E-state index contributed by atoms with van der Waals surface area (Å²) in [7, 11) is 0. The lowest BCUT2D eigenvalue weighted by atomic mass is 9.85. The molecule has 1 aliphatic carbocycles. The van der Waals surface area contributed by atoms with Gasteiger partial charge in [-0.05, 0) is 12.8 Å². The third-order valence-electron chi connectivity index (χ3n) is 2.27. The minimum Gasteiger partial charge on any atom is -0.379 e. The Hall–Kier alpha value is 0.310. The molecule has 0 aromatic heterocycles. The summed E-state index contributed by atoms with van der Waals surface area (Å²) in [6, 6.07) is 0. The fourth-order valence-electron chi connectivity index (χ4n) is 1.48. The number of thioether (sulfide) groups is 1. The molecule has 0 aromatic rings. The monoisotopic (exact) mass is 144 g/mol. The van der Waals surface area contributed by atoms with Crippen LogP contribution in [0.4, 0.5) is 0 Å². The van der Waals surface area contributed by atoms with Gasteiger partial charge in [-0.1, -0.05) is 6.42 Å². The molecule has 0 N–H and O–H groups in total. The molecule has 0 aromatic carbocycles. The molecule has 1 saturated heterocycles. The minimum absolute atomic E-state index is 0.595. The highest BCUT2D eigenvalue weighted by Crippen LogP contribution is 2.45. The van der Waals surface area contributed by atoms with E-state index in [1.54, 1.807) is 0 Å². The number of rotatable bonds is 0. The standard InChI is InChI=1S/C7H12OS/c1-2-7(3-1)6-8-4-5-9-7/h1-6H2. The van der Waals surface area contributed by atoms with Gasteiger partial charge in [-0.15, -0.1) is 0 Å². The van der Waals surface area contributed by atoms with Crippen molar-refractivity contribution in [2.24, 2.45) is 0 Å². The molecule has 1 nitrogen and oxygen atoms in total. The van der Waals surface area contributed by atoms with E-state index in [2.05, 4.69) is 11.8 Å². The highest BCUT2D eigenvalue weighted by molar-refractivity contribution is 8.00. The van der Waals surface area contributed by atoms with E-state index >= 15 is 0 Å². The first-order chi connectivity index (χ1) is 4.41. The van der Waals surface area contributed by atoms with E-state index in [1.807, 2.05) is 0 Å². The normalized spacial score (nSPS) is 32.0. The van der Waals surface area contributed by atoms with Crippen LogP contribution in [0.1, 0.15) is 19.3 Å². The van der Waals surface area contributed by atoms with Gasteiger partial charge in [0, 0.05) is 10.5 Å². The van der Waals surface area contributed by atoms with E-state index < -0.39 is 0 Å². The summed E-state index contributed by atoms with van der Waals surface area (Å²) in [6.45, 7) is 2.00. The molecule has 2 heteroatoms. The number of hydrogen-bond acceptors (Lipinski definition) is 2. The van der Waals surface area contributed by atoms with Crippen molar-refractivity contribution in [1.82, 2.24) is 0 Å². The van der Waals surface area contributed by atoms with Crippen LogP contribution in [0.2, 0.25) is 0 Å². The molecule has 0 bridgehead atoms. The summed E-state index contributed by atoms with van der Waals surface area (Å²) in [5, 5.41) is 0. The van der Waals surface area contributed by atoms with Crippen molar-refractivity contribution >= 4 is 11.8 Å². The Balaban J connectivity index is 1.93. The van der Waals surface area contributed by atoms with Gasteiger partial charge in [0.2, 0.25) is 0 Å². The Morgan fingerprint density at radius 1 is 1.33 bits per heavy atom. The van der Waals surface area contributed by atoms with E-state index in [0.717, 1.165) is 13.2 Å². The second kappa shape index (κ2) is 2.17. The second-order valence-corrected chi connectivity index (χ2v) is 4.50. The van der Waals surface area contributed by atoms with Gasteiger partial charge in [-0.3, -0.25) is 0 Å². The summed E-state index contributed by atoms with van der Waals surface area (Å²) < 4.78 is 6.00. The Morgan fingerprint density at radius 3 is 2.56 bits per heavy atom. The third-order valence-corrected chi connectivity index (χ3v) is 3.78. The van der Waals surface area contributed by atoms with Crippen LogP contribution in [0.5, 0.6) is 0 Å². The predicted molar refractivity (Wildman–Crippen MR) is 39.9 cm³/mol. The average Bonchev–Trinajstić information content (AvgIpc) is 1.87. The third kappa shape index (κ3) is 0.987. The van der Waals surface area contributed by atoms with Crippen molar-refractivity contribution in [3.8, 4) is 0 Å². The maximum Gasteiger partial charge on any atom is 0.0613 e. The first-order valence-electron chi connectivity index (χ1n) is 3.63. The first-order valence-corrected chi connectivity index (χ1v) is 4.62. The van der Waals surface area contributed by atoms with Crippen LogP contribution < -0.4 is 0 Å². The molecule has 9 heavy (non-hydrogen) atoms. The molecule has 1 heterocycles. The molecule has 0 atom stereocenters. The molecular formula is C7H12OS. The van der Waals surface area contributed by atoms with Crippen LogP contribution in [-0.4, -0.2) is 23.7 Å². The summed E-state index contributed by atoms with van der Waals surface area (Å²) in [5.41, 5.74) is 0. The van der Waals surface area contributed by atoms with Crippen LogP contribution in [-0.2, 0) is 4.74 Å². The zero-order valence-corrected chi connectivity index (χ0v) is 6.38. The molecule has 52 valence electrons. The number of hydrogen-bond donors (Lipinski definition) is 0. The van der Waals surface area contributed by atoms with Gasteiger partial charge in [0.25, 0.3) is 0 Å². The lowest BCUT2D eigenvalue weighted by Crippen LogP contribution is -2.42. The lowest BCUT2D eigenvalue weighted by Gasteiger charge is -2.43. The van der Waals surface area contributed by atoms with Gasteiger partial charge in [-0.25, -0.2) is 0 Å². The van der Waals surface area contributed by atoms with Crippen LogP contribution in [0.3, 0.4) is 0 Å². The van der Waals surface area contributed by atoms with E-state index in [0.29, 0.717) is 4.75 Å². The maximum absolute atomic E-state index is 5.41. The quantitative estimate of drug-likeness (QED) is 0.511. The Morgan fingerprint density at radius 2 is 2.22 bits per heavy atom. The maximum atomic E-state index is 5.41. The van der Waals surface area contributed by atoms with Crippen molar-refractivity contribution in [3.05, 3.63) is 0 Å². The topological polar surface area (TPSA) is 9.23 Å². The first kappa shape index (κ1) is 6.05. The van der Waals surface area contributed by atoms with Crippen LogP contribution in [0.15, 0.2) is 0 Å². The Kier molecular flexibility index (Phi) is 1.46. The van der Waals surface area contributed by atoms with Crippen molar-refractivity contribution in [1.29, 1.82) is 0 Å². The van der Waals surface area contributed by atoms with Gasteiger partial charge in [0.15, 0.2) is 0 Å². The van der Waals surface area contributed by atoms with Crippen molar-refractivity contribution in [2.75, 3.05) is 19.0 Å². The molecule has 1 aliphatic heterocycles. The van der Waals surface area contributed by atoms with E-state index in [-0.39, 0.29) is 0 Å². The Labute approximate surface area is 60.2 Å². The van der Waals surface area contributed by atoms with Gasteiger partial charge in [-0.2, -0.15) is 11.8 Å². The SMILES string of the molecule is C1CC2(C1)COCCS2. The van der Waals surface area contributed by atoms with Crippen LogP contribution in [0, 0.1) is 0 Å². The molecule has 0 unspecified atom stereocenters. The highest BCUT2D eigenvalue weighted by Gasteiger charge is 2.39.